The van der Waals surface area contributed by atoms with Gasteiger partial charge in [-0.3, -0.25) is 9.59 Å². The lowest BCUT2D eigenvalue weighted by Crippen LogP contribution is -2.37. The molecule has 0 saturated carbocycles. The number of nitrogens with one attached hydrogen (secondary N) is 1. The topological polar surface area (TPSA) is 90.0 Å². The van der Waals surface area contributed by atoms with Crippen molar-refractivity contribution in [2.24, 2.45) is 5.73 Å². The molecule has 2 aromatic carbocycles. The molecule has 2 amide bonds. The molecule has 1 heterocycles. The summed E-state index contributed by atoms with van der Waals surface area (Å²) in [4.78, 5) is 23.9. The van der Waals surface area contributed by atoms with E-state index in [9.17, 15) is 9.59 Å². The van der Waals surface area contributed by atoms with Crippen LogP contribution < -0.4 is 11.1 Å². The molecule has 0 radical (unpaired) electrons. The summed E-state index contributed by atoms with van der Waals surface area (Å²) in [5, 5.41) is 7.01. The first-order valence-electron chi connectivity index (χ1n) is 8.36. The number of hydrogen-bond donors (Lipinski definition) is 2. The van der Waals surface area contributed by atoms with Crippen molar-refractivity contribution in [1.29, 1.82) is 0 Å². The van der Waals surface area contributed by atoms with Gasteiger partial charge in [0.1, 0.15) is 6.04 Å². The standard InChI is InChI=1S/C20H20N4O2/c21-20(26)19(16-7-3-1-4-8-16)23-18(25)12-11-15-13-22-24(14-15)17-9-5-2-6-10-17/h1-10,13-14,19H,11-12H2,(H2,21,26)(H,23,25). The van der Waals surface area contributed by atoms with Crippen LogP contribution in [0.3, 0.4) is 0 Å². The summed E-state index contributed by atoms with van der Waals surface area (Å²) in [5.41, 5.74) is 8.00. The van der Waals surface area contributed by atoms with Gasteiger partial charge in [-0.1, -0.05) is 48.5 Å². The fourth-order valence-electron chi connectivity index (χ4n) is 2.67. The van der Waals surface area contributed by atoms with Crippen LogP contribution in [0, 0.1) is 0 Å². The summed E-state index contributed by atoms with van der Waals surface area (Å²) >= 11 is 0. The fourth-order valence-corrected chi connectivity index (χ4v) is 2.67. The van der Waals surface area contributed by atoms with E-state index in [4.69, 9.17) is 5.73 Å². The average Bonchev–Trinajstić information content (AvgIpc) is 3.15. The maximum Gasteiger partial charge on any atom is 0.244 e. The van der Waals surface area contributed by atoms with Gasteiger partial charge >= 0.3 is 0 Å². The fraction of sp³-hybridized carbons (Fsp3) is 0.150. The molecule has 132 valence electrons. The highest BCUT2D eigenvalue weighted by atomic mass is 16.2. The molecule has 3 rings (SSSR count). The minimum absolute atomic E-state index is 0.231. The maximum absolute atomic E-state index is 12.2. The monoisotopic (exact) mass is 348 g/mol. The van der Waals surface area contributed by atoms with E-state index in [1.165, 1.54) is 0 Å². The van der Waals surface area contributed by atoms with Gasteiger partial charge in [0.2, 0.25) is 11.8 Å². The normalized spacial score (nSPS) is 11.7. The first kappa shape index (κ1) is 17.4. The predicted molar refractivity (Wildman–Crippen MR) is 98.4 cm³/mol. The van der Waals surface area contributed by atoms with Gasteiger partial charge in [-0.15, -0.1) is 0 Å². The van der Waals surface area contributed by atoms with Crippen LogP contribution in [0.4, 0.5) is 0 Å². The van der Waals surface area contributed by atoms with Crippen molar-refractivity contribution in [3.05, 3.63) is 84.2 Å². The molecule has 26 heavy (non-hydrogen) atoms. The van der Waals surface area contributed by atoms with Gasteiger partial charge in [-0.25, -0.2) is 4.68 Å². The number of amides is 2. The SMILES string of the molecule is NC(=O)C(NC(=O)CCc1cnn(-c2ccccc2)c1)c1ccccc1. The largest absolute Gasteiger partial charge is 0.368 e. The molecule has 1 aromatic heterocycles. The van der Waals surface area contributed by atoms with Crippen molar-refractivity contribution in [3.63, 3.8) is 0 Å². The number of primary amides is 1. The Morgan fingerprint density at radius 1 is 1.04 bits per heavy atom. The van der Waals surface area contributed by atoms with Crippen molar-refractivity contribution >= 4 is 11.8 Å². The third-order valence-corrected chi connectivity index (χ3v) is 4.02. The van der Waals surface area contributed by atoms with Crippen molar-refractivity contribution < 1.29 is 9.59 Å². The molecule has 0 spiro atoms. The Hall–Kier alpha value is -3.41. The lowest BCUT2D eigenvalue weighted by Gasteiger charge is -2.15. The summed E-state index contributed by atoms with van der Waals surface area (Å²) in [5.74, 6) is -0.813. The smallest absolute Gasteiger partial charge is 0.244 e. The van der Waals surface area contributed by atoms with Gasteiger partial charge in [0, 0.05) is 12.6 Å². The van der Waals surface area contributed by atoms with Crippen molar-refractivity contribution in [2.45, 2.75) is 18.9 Å². The summed E-state index contributed by atoms with van der Waals surface area (Å²) in [6.45, 7) is 0. The number of aryl methyl sites for hydroxylation is 1. The second-order valence-electron chi connectivity index (χ2n) is 5.94. The lowest BCUT2D eigenvalue weighted by molar-refractivity contribution is -0.127. The first-order valence-corrected chi connectivity index (χ1v) is 8.36. The predicted octanol–water partition coefficient (Wildman–Crippen LogP) is 2.15. The van der Waals surface area contributed by atoms with E-state index in [-0.39, 0.29) is 12.3 Å². The molecule has 0 aliphatic carbocycles. The number of nitrogens with zero attached hydrogens (tertiary/aromatic N) is 2. The average molecular weight is 348 g/mol. The zero-order valence-corrected chi connectivity index (χ0v) is 14.2. The van der Waals surface area contributed by atoms with Crippen LogP contribution in [0.1, 0.15) is 23.6 Å². The Balaban J connectivity index is 1.59. The van der Waals surface area contributed by atoms with E-state index in [0.717, 1.165) is 11.3 Å². The van der Waals surface area contributed by atoms with Crippen molar-refractivity contribution in [1.82, 2.24) is 15.1 Å². The number of aromatic nitrogens is 2. The number of rotatable bonds is 7. The molecule has 1 atom stereocenters. The van der Waals surface area contributed by atoms with Gasteiger partial charge in [-0.2, -0.15) is 5.10 Å². The maximum atomic E-state index is 12.2. The minimum Gasteiger partial charge on any atom is -0.368 e. The highest BCUT2D eigenvalue weighted by molar-refractivity contribution is 5.87. The van der Waals surface area contributed by atoms with Crippen LogP contribution >= 0.6 is 0 Å². The highest BCUT2D eigenvalue weighted by Gasteiger charge is 2.19. The zero-order chi connectivity index (χ0) is 18.4. The second-order valence-corrected chi connectivity index (χ2v) is 5.94. The molecular formula is C20H20N4O2. The van der Waals surface area contributed by atoms with E-state index in [2.05, 4.69) is 10.4 Å². The van der Waals surface area contributed by atoms with E-state index >= 15 is 0 Å². The zero-order valence-electron chi connectivity index (χ0n) is 14.2. The number of benzene rings is 2. The minimum atomic E-state index is -0.823. The molecule has 3 N–H and O–H groups in total. The van der Waals surface area contributed by atoms with Gasteiger partial charge in [0.05, 0.1) is 11.9 Å². The van der Waals surface area contributed by atoms with Gasteiger partial charge in [0.15, 0.2) is 0 Å². The Labute approximate surface area is 151 Å². The van der Waals surface area contributed by atoms with E-state index in [0.29, 0.717) is 12.0 Å². The molecule has 0 aliphatic heterocycles. The molecule has 6 heteroatoms. The van der Waals surface area contributed by atoms with E-state index < -0.39 is 11.9 Å². The van der Waals surface area contributed by atoms with Gasteiger partial charge in [0.25, 0.3) is 0 Å². The van der Waals surface area contributed by atoms with Crippen LogP contribution in [0.5, 0.6) is 0 Å². The number of carbonyl (C=O) groups excluding carboxylic acids is 2. The third kappa shape index (κ3) is 4.36. The third-order valence-electron chi connectivity index (χ3n) is 4.02. The molecule has 3 aromatic rings. The van der Waals surface area contributed by atoms with E-state index in [1.807, 2.05) is 42.6 Å². The highest BCUT2D eigenvalue weighted by Crippen LogP contribution is 2.13. The van der Waals surface area contributed by atoms with E-state index in [1.54, 1.807) is 35.1 Å². The number of para-hydroxylation sites is 1. The van der Waals surface area contributed by atoms with Crippen molar-refractivity contribution in [3.8, 4) is 5.69 Å². The molecule has 0 fully saturated rings. The van der Waals surface area contributed by atoms with Crippen molar-refractivity contribution in [2.75, 3.05) is 0 Å². The summed E-state index contributed by atoms with van der Waals surface area (Å²) in [6, 6.07) is 17.9. The summed E-state index contributed by atoms with van der Waals surface area (Å²) in [7, 11) is 0. The molecule has 6 nitrogen and oxygen atoms in total. The van der Waals surface area contributed by atoms with Crippen LogP contribution in [0.25, 0.3) is 5.69 Å². The Morgan fingerprint density at radius 2 is 1.69 bits per heavy atom. The van der Waals surface area contributed by atoms with Gasteiger partial charge in [-0.05, 0) is 29.7 Å². The quantitative estimate of drug-likeness (QED) is 0.685. The molecule has 1 unspecified atom stereocenters. The first-order chi connectivity index (χ1) is 12.6. The number of hydrogen-bond acceptors (Lipinski definition) is 3. The second kappa shape index (κ2) is 8.11. The summed E-state index contributed by atoms with van der Waals surface area (Å²) < 4.78 is 1.77. The Morgan fingerprint density at radius 3 is 2.35 bits per heavy atom. The van der Waals surface area contributed by atoms with Crippen LogP contribution in [-0.4, -0.2) is 21.6 Å². The lowest BCUT2D eigenvalue weighted by atomic mass is 10.1. The van der Waals surface area contributed by atoms with Crippen LogP contribution in [-0.2, 0) is 16.0 Å². The Kier molecular flexibility index (Phi) is 5.43. The number of nitrogens with two attached hydrogens (primary N) is 1. The number of carbonyl (C=O) groups is 2. The molecular weight excluding hydrogens is 328 g/mol. The Bertz CT molecular complexity index is 875. The van der Waals surface area contributed by atoms with Gasteiger partial charge < -0.3 is 11.1 Å². The molecule has 0 bridgehead atoms. The summed E-state index contributed by atoms with van der Waals surface area (Å²) in [6.07, 6.45) is 4.41. The molecule has 0 saturated heterocycles. The molecule has 0 aliphatic rings. The van der Waals surface area contributed by atoms with Crippen LogP contribution in [0.2, 0.25) is 0 Å². The van der Waals surface area contributed by atoms with Crippen LogP contribution in [0.15, 0.2) is 73.1 Å².